The second-order valence-corrected chi connectivity index (χ2v) is 8.98. The Labute approximate surface area is 213 Å². The smallest absolute Gasteiger partial charge is 0.412 e. The van der Waals surface area contributed by atoms with E-state index in [2.05, 4.69) is 5.32 Å². The van der Waals surface area contributed by atoms with E-state index in [1.54, 1.807) is 32.9 Å². The van der Waals surface area contributed by atoms with Gasteiger partial charge in [0.05, 0.1) is 43.2 Å². The fourth-order valence-corrected chi connectivity index (χ4v) is 3.66. The van der Waals surface area contributed by atoms with E-state index < -0.39 is 29.3 Å². The summed E-state index contributed by atoms with van der Waals surface area (Å²) in [7, 11) is 4.30. The summed E-state index contributed by atoms with van der Waals surface area (Å²) in [5, 5.41) is 3.05. The normalized spacial score (nSPS) is 11.0. The number of halogens is 1. The maximum Gasteiger partial charge on any atom is 0.412 e. The molecule has 37 heavy (non-hydrogen) atoms. The first-order valence-corrected chi connectivity index (χ1v) is 11.2. The molecule has 0 aliphatic rings. The lowest BCUT2D eigenvalue weighted by Crippen LogP contribution is -2.27. The summed E-state index contributed by atoms with van der Waals surface area (Å²) in [4.78, 5) is 37.9. The average Bonchev–Trinajstić information content (AvgIpc) is 2.81. The summed E-state index contributed by atoms with van der Waals surface area (Å²) in [5.74, 6) is -1.35. The zero-order chi connectivity index (χ0) is 27.5. The molecule has 0 aromatic heterocycles. The molecule has 10 heteroatoms. The van der Waals surface area contributed by atoms with Crippen LogP contribution in [0.5, 0.6) is 23.0 Å². The summed E-state index contributed by atoms with van der Waals surface area (Å²) in [6.45, 7) is 6.33. The largest absolute Gasteiger partial charge is 0.496 e. The lowest BCUT2D eigenvalue weighted by molar-refractivity contribution is 0.0633. The van der Waals surface area contributed by atoms with Crippen LogP contribution in [0.2, 0.25) is 0 Å². The number of hydrogen-bond donors (Lipinski definition) is 1. The van der Waals surface area contributed by atoms with Crippen molar-refractivity contribution < 1.29 is 42.5 Å². The number of rotatable bonds is 7. The number of ether oxygens (including phenoxy) is 5. The molecule has 0 spiro atoms. The molecular weight excluding hydrogens is 485 g/mol. The third kappa shape index (κ3) is 6.08. The van der Waals surface area contributed by atoms with Crippen LogP contribution in [-0.4, -0.2) is 44.8 Å². The first-order chi connectivity index (χ1) is 17.4. The molecule has 1 amide bonds. The number of benzene rings is 3. The Hall–Kier alpha value is -4.34. The van der Waals surface area contributed by atoms with E-state index >= 15 is 0 Å². The van der Waals surface area contributed by atoms with Crippen molar-refractivity contribution in [2.24, 2.45) is 0 Å². The SMILES string of the molecule is COc1ccc(OC)c2c(OC(=O)c3cc(F)cc(NC(=O)OC(C)(C)C)c3)c(C(C)=O)cc(OC)c12. The first kappa shape index (κ1) is 27.3. The van der Waals surface area contributed by atoms with Crippen LogP contribution in [0.1, 0.15) is 48.4 Å². The molecule has 0 radical (unpaired) electrons. The molecular formula is C27H28FNO8. The number of carbonyl (C=O) groups is 3. The van der Waals surface area contributed by atoms with Gasteiger partial charge in [0.15, 0.2) is 11.5 Å². The maximum atomic E-state index is 14.4. The van der Waals surface area contributed by atoms with Gasteiger partial charge < -0.3 is 23.7 Å². The van der Waals surface area contributed by atoms with Crippen LogP contribution in [0, 0.1) is 5.82 Å². The van der Waals surface area contributed by atoms with Crippen molar-refractivity contribution in [2.45, 2.75) is 33.3 Å². The van der Waals surface area contributed by atoms with Gasteiger partial charge in [-0.15, -0.1) is 0 Å². The molecule has 0 unspecified atom stereocenters. The van der Waals surface area contributed by atoms with Crippen LogP contribution in [0.4, 0.5) is 14.9 Å². The number of Topliss-reactive ketones (excluding diaryl/α,β-unsaturated/α-hetero) is 1. The highest BCUT2D eigenvalue weighted by atomic mass is 19.1. The fraction of sp³-hybridized carbons (Fsp3) is 0.296. The van der Waals surface area contributed by atoms with E-state index in [0.717, 1.165) is 12.1 Å². The number of fused-ring (bicyclic) bond motifs is 1. The summed E-state index contributed by atoms with van der Waals surface area (Å²) >= 11 is 0. The zero-order valence-corrected chi connectivity index (χ0v) is 21.6. The van der Waals surface area contributed by atoms with Crippen LogP contribution >= 0.6 is 0 Å². The zero-order valence-electron chi connectivity index (χ0n) is 21.6. The quantitative estimate of drug-likeness (QED) is 0.241. The van der Waals surface area contributed by atoms with Crippen LogP contribution < -0.4 is 24.3 Å². The van der Waals surface area contributed by atoms with Gasteiger partial charge in [0, 0.05) is 5.69 Å². The third-order valence-corrected chi connectivity index (χ3v) is 5.13. The molecule has 1 N–H and O–H groups in total. The molecule has 9 nitrogen and oxygen atoms in total. The first-order valence-electron chi connectivity index (χ1n) is 11.2. The topological polar surface area (TPSA) is 109 Å². The Bertz CT molecular complexity index is 1380. The molecule has 0 aliphatic heterocycles. The van der Waals surface area contributed by atoms with Crippen LogP contribution in [0.25, 0.3) is 10.8 Å². The van der Waals surface area contributed by atoms with E-state index in [1.807, 2.05) is 0 Å². The predicted molar refractivity (Wildman–Crippen MR) is 135 cm³/mol. The maximum absolute atomic E-state index is 14.4. The Kier molecular flexibility index (Phi) is 7.90. The number of carbonyl (C=O) groups excluding carboxylic acids is 3. The number of esters is 1. The summed E-state index contributed by atoms with van der Waals surface area (Å²) in [6, 6.07) is 7.86. The van der Waals surface area contributed by atoms with Crippen LogP contribution in [0.15, 0.2) is 36.4 Å². The number of hydrogen-bond acceptors (Lipinski definition) is 8. The van der Waals surface area contributed by atoms with E-state index in [1.165, 1.54) is 40.4 Å². The predicted octanol–water partition coefficient (Wildman–Crippen LogP) is 5.77. The van der Waals surface area contributed by atoms with E-state index in [9.17, 15) is 18.8 Å². The summed E-state index contributed by atoms with van der Waals surface area (Å²) in [5.41, 5.74) is -0.983. The van der Waals surface area contributed by atoms with Crippen LogP contribution in [-0.2, 0) is 4.74 Å². The number of ketones is 1. The van der Waals surface area contributed by atoms with Crippen molar-refractivity contribution in [2.75, 3.05) is 26.6 Å². The Morgan fingerprint density at radius 2 is 1.43 bits per heavy atom. The van der Waals surface area contributed by atoms with Crippen LogP contribution in [0.3, 0.4) is 0 Å². The Morgan fingerprint density at radius 3 is 1.97 bits per heavy atom. The van der Waals surface area contributed by atoms with E-state index in [4.69, 9.17) is 23.7 Å². The Balaban J connectivity index is 2.13. The molecule has 0 saturated carbocycles. The van der Waals surface area contributed by atoms with Gasteiger partial charge in [-0.05, 0) is 64.1 Å². The minimum Gasteiger partial charge on any atom is -0.496 e. The molecule has 0 atom stereocenters. The van der Waals surface area contributed by atoms with Crippen molar-refractivity contribution in [1.29, 1.82) is 0 Å². The molecule has 3 aromatic carbocycles. The van der Waals surface area contributed by atoms with Gasteiger partial charge in [0.1, 0.15) is 28.7 Å². The second kappa shape index (κ2) is 10.7. The Morgan fingerprint density at radius 1 is 0.838 bits per heavy atom. The molecule has 0 aliphatic carbocycles. The van der Waals surface area contributed by atoms with Gasteiger partial charge in [-0.2, -0.15) is 0 Å². The standard InChI is InChI=1S/C27H28FNO8/c1-14(30)18-13-21(35-7)22-19(33-5)8-9-20(34-6)23(22)24(18)36-25(31)15-10-16(28)12-17(11-15)29-26(32)37-27(2,3)4/h8-13H,1-7H3,(H,29,32). The van der Waals surface area contributed by atoms with Crippen molar-refractivity contribution in [1.82, 2.24) is 0 Å². The highest BCUT2D eigenvalue weighted by Gasteiger charge is 2.26. The van der Waals surface area contributed by atoms with Gasteiger partial charge in [-0.1, -0.05) is 0 Å². The average molecular weight is 514 g/mol. The van der Waals surface area contributed by atoms with E-state index in [0.29, 0.717) is 16.9 Å². The third-order valence-electron chi connectivity index (χ3n) is 5.13. The molecule has 0 fully saturated rings. The molecule has 0 heterocycles. The van der Waals surface area contributed by atoms with Crippen molar-refractivity contribution in [3.8, 4) is 23.0 Å². The van der Waals surface area contributed by atoms with Crippen molar-refractivity contribution in [3.63, 3.8) is 0 Å². The number of methoxy groups -OCH3 is 3. The van der Waals surface area contributed by atoms with Gasteiger partial charge in [0.2, 0.25) is 0 Å². The number of anilines is 1. The number of nitrogens with one attached hydrogen (secondary N) is 1. The highest BCUT2D eigenvalue weighted by Crippen LogP contribution is 2.46. The lowest BCUT2D eigenvalue weighted by Gasteiger charge is -2.20. The minimum atomic E-state index is -0.981. The summed E-state index contributed by atoms with van der Waals surface area (Å²) < 4.78 is 41.6. The van der Waals surface area contributed by atoms with Crippen molar-refractivity contribution in [3.05, 3.63) is 53.3 Å². The summed E-state index contributed by atoms with van der Waals surface area (Å²) in [6.07, 6.45) is -0.825. The van der Waals surface area contributed by atoms with Gasteiger partial charge in [-0.25, -0.2) is 14.0 Å². The van der Waals surface area contributed by atoms with Crippen molar-refractivity contribution >= 4 is 34.3 Å². The molecule has 3 rings (SSSR count). The molecule has 196 valence electrons. The van der Waals surface area contributed by atoms with Gasteiger partial charge >= 0.3 is 12.1 Å². The van der Waals surface area contributed by atoms with Gasteiger partial charge in [0.25, 0.3) is 0 Å². The molecule has 3 aromatic rings. The lowest BCUT2D eigenvalue weighted by atomic mass is 10.00. The minimum absolute atomic E-state index is 0.0215. The second-order valence-electron chi connectivity index (χ2n) is 8.98. The highest BCUT2D eigenvalue weighted by molar-refractivity contribution is 6.11. The number of amides is 1. The molecule has 0 bridgehead atoms. The monoisotopic (exact) mass is 513 g/mol. The van der Waals surface area contributed by atoms with E-state index in [-0.39, 0.29) is 33.7 Å². The van der Waals surface area contributed by atoms with Gasteiger partial charge in [-0.3, -0.25) is 10.1 Å². The fourth-order valence-electron chi connectivity index (χ4n) is 3.66. The molecule has 0 saturated heterocycles.